The zero-order valence-electron chi connectivity index (χ0n) is 11.7. The van der Waals surface area contributed by atoms with Gasteiger partial charge in [0.25, 0.3) is 0 Å². The minimum absolute atomic E-state index is 0.576. The highest BCUT2D eigenvalue weighted by Gasteiger charge is 2.47. The Labute approximate surface area is 117 Å². The number of nitrogens with zero attached hydrogens (tertiary/aromatic N) is 4. The number of hydrogen-bond acceptors (Lipinski definition) is 4. The molecule has 2 aromatic rings. The first kappa shape index (κ1) is 12.9. The largest absolute Gasteiger partial charge is 0.479 e. The van der Waals surface area contributed by atoms with Gasteiger partial charge in [-0.2, -0.15) is 9.61 Å². The third-order valence-corrected chi connectivity index (χ3v) is 4.25. The van der Waals surface area contributed by atoms with Crippen molar-refractivity contribution in [3.63, 3.8) is 0 Å². The summed E-state index contributed by atoms with van der Waals surface area (Å²) in [6.45, 7) is 4.65. The molecule has 0 saturated carbocycles. The van der Waals surface area contributed by atoms with Crippen LogP contribution in [0.25, 0.3) is 5.65 Å². The van der Waals surface area contributed by atoms with Crippen LogP contribution in [-0.4, -0.2) is 37.8 Å². The van der Waals surface area contributed by atoms with Crippen molar-refractivity contribution >= 4 is 17.4 Å². The molecule has 106 valence electrons. The van der Waals surface area contributed by atoms with E-state index in [1.807, 2.05) is 30.9 Å². The van der Waals surface area contributed by atoms with Gasteiger partial charge in [-0.3, -0.25) is 0 Å². The summed E-state index contributed by atoms with van der Waals surface area (Å²) in [5, 5.41) is 13.9. The Balaban J connectivity index is 2.19. The molecule has 20 heavy (non-hydrogen) atoms. The Hall–Kier alpha value is -2.11. The average Bonchev–Trinajstić information content (AvgIpc) is 3.03. The van der Waals surface area contributed by atoms with Gasteiger partial charge in [0, 0.05) is 6.54 Å². The molecular formula is C14H18N4O2. The summed E-state index contributed by atoms with van der Waals surface area (Å²) in [5.74, 6) is 0.0616. The quantitative estimate of drug-likeness (QED) is 0.925. The van der Waals surface area contributed by atoms with Crippen LogP contribution in [-0.2, 0) is 4.79 Å². The van der Waals surface area contributed by atoms with E-state index in [1.54, 1.807) is 4.52 Å². The lowest BCUT2D eigenvalue weighted by atomic mass is 9.93. The smallest absolute Gasteiger partial charge is 0.329 e. The Kier molecular flexibility index (Phi) is 2.88. The molecule has 6 heteroatoms. The highest BCUT2D eigenvalue weighted by Crippen LogP contribution is 2.37. The van der Waals surface area contributed by atoms with Crippen LogP contribution in [0.3, 0.4) is 0 Å². The first-order chi connectivity index (χ1) is 9.58. The van der Waals surface area contributed by atoms with Gasteiger partial charge in [0.1, 0.15) is 17.7 Å². The molecule has 1 fully saturated rings. The maximum Gasteiger partial charge on any atom is 0.329 e. The van der Waals surface area contributed by atoms with E-state index in [0.717, 1.165) is 30.0 Å². The normalized spacial score (nSPS) is 22.6. The van der Waals surface area contributed by atoms with Gasteiger partial charge in [-0.15, -0.1) is 0 Å². The molecule has 0 amide bonds. The summed E-state index contributed by atoms with van der Waals surface area (Å²) in [5.41, 5.74) is 0.984. The van der Waals surface area contributed by atoms with Gasteiger partial charge < -0.3 is 10.0 Å². The number of rotatable bonds is 3. The monoisotopic (exact) mass is 274 g/mol. The van der Waals surface area contributed by atoms with Gasteiger partial charge in [-0.1, -0.05) is 6.92 Å². The topological polar surface area (TPSA) is 70.7 Å². The SMILES string of the molecule is CCC1(C(=O)O)CCCN1c1cc(C)cc2ncnn12. The number of hydrogen-bond donors (Lipinski definition) is 1. The number of carboxylic acid groups (broad SMARTS) is 1. The molecule has 1 N–H and O–H groups in total. The summed E-state index contributed by atoms with van der Waals surface area (Å²) in [6, 6.07) is 3.93. The van der Waals surface area contributed by atoms with Crippen molar-refractivity contribution in [2.75, 3.05) is 11.4 Å². The van der Waals surface area contributed by atoms with Crippen LogP contribution in [0.1, 0.15) is 31.7 Å². The molecule has 1 atom stereocenters. The molecule has 1 aliphatic heterocycles. The summed E-state index contributed by atoms with van der Waals surface area (Å²) in [7, 11) is 0. The minimum atomic E-state index is -0.827. The highest BCUT2D eigenvalue weighted by molar-refractivity contribution is 5.84. The molecule has 2 aromatic heterocycles. The third kappa shape index (κ3) is 1.67. The second kappa shape index (κ2) is 4.47. The molecule has 0 aliphatic carbocycles. The number of carbonyl (C=O) groups is 1. The van der Waals surface area contributed by atoms with Crippen LogP contribution >= 0.6 is 0 Å². The van der Waals surface area contributed by atoms with Crippen molar-refractivity contribution in [1.29, 1.82) is 0 Å². The second-order valence-corrected chi connectivity index (χ2v) is 5.37. The molecule has 0 spiro atoms. The van der Waals surface area contributed by atoms with Crippen molar-refractivity contribution in [1.82, 2.24) is 14.6 Å². The van der Waals surface area contributed by atoms with Gasteiger partial charge in [0.05, 0.1) is 0 Å². The van der Waals surface area contributed by atoms with E-state index in [4.69, 9.17) is 0 Å². The molecule has 0 aromatic carbocycles. The predicted octanol–water partition coefficient (Wildman–Crippen LogP) is 1.87. The molecule has 0 bridgehead atoms. The molecule has 1 aliphatic rings. The Morgan fingerprint density at radius 2 is 2.30 bits per heavy atom. The number of fused-ring (bicyclic) bond motifs is 1. The van der Waals surface area contributed by atoms with Crippen LogP contribution < -0.4 is 4.90 Å². The minimum Gasteiger partial charge on any atom is -0.479 e. The van der Waals surface area contributed by atoms with Crippen molar-refractivity contribution in [3.8, 4) is 0 Å². The Bertz CT molecular complexity index is 666. The average molecular weight is 274 g/mol. The number of aryl methyl sites for hydroxylation is 1. The fourth-order valence-electron chi connectivity index (χ4n) is 3.18. The molecule has 3 rings (SSSR count). The van der Waals surface area contributed by atoms with E-state index >= 15 is 0 Å². The van der Waals surface area contributed by atoms with Crippen LogP contribution in [0.15, 0.2) is 18.5 Å². The van der Waals surface area contributed by atoms with E-state index < -0.39 is 11.5 Å². The molecule has 0 radical (unpaired) electrons. The van der Waals surface area contributed by atoms with Crippen molar-refractivity contribution in [2.24, 2.45) is 0 Å². The first-order valence-corrected chi connectivity index (χ1v) is 6.90. The second-order valence-electron chi connectivity index (χ2n) is 5.37. The van der Waals surface area contributed by atoms with Gasteiger partial charge in [0.2, 0.25) is 0 Å². The van der Waals surface area contributed by atoms with Crippen LogP contribution in [0.2, 0.25) is 0 Å². The van der Waals surface area contributed by atoms with Crippen molar-refractivity contribution < 1.29 is 9.90 Å². The molecule has 6 nitrogen and oxygen atoms in total. The maximum atomic E-state index is 11.8. The fraction of sp³-hybridized carbons (Fsp3) is 0.500. The lowest BCUT2D eigenvalue weighted by Crippen LogP contribution is -2.51. The molecule has 1 unspecified atom stereocenters. The fourth-order valence-corrected chi connectivity index (χ4v) is 3.18. The van der Waals surface area contributed by atoms with Crippen LogP contribution in [0, 0.1) is 6.92 Å². The third-order valence-electron chi connectivity index (χ3n) is 4.25. The van der Waals surface area contributed by atoms with E-state index in [-0.39, 0.29) is 0 Å². The predicted molar refractivity (Wildman–Crippen MR) is 75.0 cm³/mol. The van der Waals surface area contributed by atoms with E-state index in [0.29, 0.717) is 12.8 Å². The lowest BCUT2D eigenvalue weighted by molar-refractivity contribution is -0.143. The summed E-state index contributed by atoms with van der Waals surface area (Å²) in [4.78, 5) is 18.0. The van der Waals surface area contributed by atoms with Gasteiger partial charge >= 0.3 is 5.97 Å². The standard InChI is InChI=1S/C14H18N4O2/c1-3-14(13(19)20)5-4-6-17(14)12-8-10(2)7-11-15-9-16-18(11)12/h7-9H,3-6H2,1-2H3,(H,19,20). The number of carboxylic acids is 1. The zero-order valence-corrected chi connectivity index (χ0v) is 11.7. The lowest BCUT2D eigenvalue weighted by Gasteiger charge is -2.35. The first-order valence-electron chi connectivity index (χ1n) is 6.90. The highest BCUT2D eigenvalue weighted by atomic mass is 16.4. The summed E-state index contributed by atoms with van der Waals surface area (Å²) >= 11 is 0. The van der Waals surface area contributed by atoms with Crippen LogP contribution in [0.4, 0.5) is 5.82 Å². The Morgan fingerprint density at radius 3 is 3.00 bits per heavy atom. The van der Waals surface area contributed by atoms with Crippen LogP contribution in [0.5, 0.6) is 0 Å². The molecule has 1 saturated heterocycles. The summed E-state index contributed by atoms with van der Waals surface area (Å²) in [6.07, 6.45) is 3.63. The van der Waals surface area contributed by atoms with E-state index in [9.17, 15) is 9.90 Å². The number of anilines is 1. The van der Waals surface area contributed by atoms with Gasteiger partial charge in [-0.05, 0) is 43.9 Å². The van der Waals surface area contributed by atoms with E-state index in [2.05, 4.69) is 10.1 Å². The van der Waals surface area contributed by atoms with Gasteiger partial charge in [-0.25, -0.2) is 9.78 Å². The number of pyridine rings is 1. The zero-order chi connectivity index (χ0) is 14.3. The number of aliphatic carboxylic acids is 1. The molecular weight excluding hydrogens is 256 g/mol. The van der Waals surface area contributed by atoms with Gasteiger partial charge in [0.15, 0.2) is 5.65 Å². The Morgan fingerprint density at radius 1 is 1.50 bits per heavy atom. The maximum absolute atomic E-state index is 11.8. The van der Waals surface area contributed by atoms with E-state index in [1.165, 1.54) is 6.33 Å². The van der Waals surface area contributed by atoms with Crippen molar-refractivity contribution in [3.05, 3.63) is 24.0 Å². The van der Waals surface area contributed by atoms with Crippen molar-refractivity contribution in [2.45, 2.75) is 38.6 Å². The summed E-state index contributed by atoms with van der Waals surface area (Å²) < 4.78 is 1.73. The molecule has 3 heterocycles. The number of aromatic nitrogens is 3.